The normalized spacial score (nSPS) is 15.8. The van der Waals surface area contributed by atoms with Crippen molar-refractivity contribution in [3.8, 4) is 0 Å². The number of rotatable bonds is 0. The Morgan fingerprint density at radius 2 is 1.09 bits per heavy atom. The van der Waals surface area contributed by atoms with E-state index >= 15 is 0 Å². The standard InChI is InChI=1S/C34H16N4O6S2/c39-31-17-9-1-3-11-19(17)37-20-12-4-2-10-18(20)32(40)28-29(37)25(31)26-27(35-28)33-30-34(36-26)46(43,44)24-16-8-6-14-22(24)38(30)21-13-5-7-15-23(21)45(33,41)42/h1-16H. The molecule has 0 atom stereocenters. The molecule has 0 unspecified atom stereocenters. The molecule has 0 amide bonds. The fraction of sp³-hybridized carbons (Fsp3) is 0. The van der Waals surface area contributed by atoms with E-state index in [1.54, 1.807) is 94.2 Å². The quantitative estimate of drug-likeness (QED) is 0.161. The number of hydrogen-bond donors (Lipinski definition) is 0. The van der Waals surface area contributed by atoms with Crippen LogP contribution in [0.15, 0.2) is 126 Å². The van der Waals surface area contributed by atoms with E-state index in [1.807, 2.05) is 0 Å². The Bertz CT molecular complexity index is 3090. The number of hydrogen-bond acceptors (Lipinski definition) is 9. The highest BCUT2D eigenvalue weighted by atomic mass is 32.2. The summed E-state index contributed by atoms with van der Waals surface area (Å²) in [6.07, 6.45) is 0. The Hall–Kier alpha value is -5.72. The molecule has 10 rings (SSSR count). The fourth-order valence-corrected chi connectivity index (χ4v) is 10.5. The van der Waals surface area contributed by atoms with E-state index < -0.39 is 40.5 Å². The van der Waals surface area contributed by atoms with E-state index in [0.29, 0.717) is 16.4 Å². The third kappa shape index (κ3) is 2.78. The fourth-order valence-electron chi connectivity index (χ4n) is 7.11. The molecule has 0 fully saturated rings. The van der Waals surface area contributed by atoms with Gasteiger partial charge in [0.25, 0.3) is 0 Å². The largest absolute Gasteiger partial charge is 0.306 e. The Kier molecular flexibility index (Phi) is 4.51. The minimum absolute atomic E-state index is 0.0589. The van der Waals surface area contributed by atoms with Crippen LogP contribution in [0.2, 0.25) is 0 Å². The van der Waals surface area contributed by atoms with Gasteiger partial charge in [-0.1, -0.05) is 48.5 Å². The van der Waals surface area contributed by atoms with Crippen LogP contribution in [-0.4, -0.2) is 31.2 Å². The van der Waals surface area contributed by atoms with Gasteiger partial charge in [0.15, 0.2) is 10.5 Å². The molecular weight excluding hydrogens is 625 g/mol. The molecule has 10 nitrogen and oxygen atoms in total. The molecule has 0 bridgehead atoms. The average molecular weight is 641 g/mol. The predicted molar refractivity (Wildman–Crippen MR) is 172 cm³/mol. The van der Waals surface area contributed by atoms with Crippen LogP contribution < -0.4 is 15.8 Å². The van der Waals surface area contributed by atoms with Gasteiger partial charge in [-0.25, -0.2) is 26.8 Å². The Labute approximate surface area is 258 Å². The highest BCUT2D eigenvalue weighted by Gasteiger charge is 2.47. The molecule has 0 N–H and O–H groups in total. The van der Waals surface area contributed by atoms with Gasteiger partial charge in [0.05, 0.1) is 43.1 Å². The zero-order valence-corrected chi connectivity index (χ0v) is 24.9. The number of pyridine rings is 4. The van der Waals surface area contributed by atoms with Crippen molar-refractivity contribution in [3.63, 3.8) is 0 Å². The molecule has 0 saturated heterocycles. The third-order valence-electron chi connectivity index (χ3n) is 8.98. The van der Waals surface area contributed by atoms with Crippen LogP contribution in [0.25, 0.3) is 49.3 Å². The molecule has 220 valence electrons. The molecule has 0 aliphatic carbocycles. The Morgan fingerprint density at radius 1 is 0.543 bits per heavy atom. The Balaban J connectivity index is 1.56. The molecule has 12 heteroatoms. The van der Waals surface area contributed by atoms with Crippen LogP contribution in [-0.2, 0) is 19.7 Å². The first kappa shape index (κ1) is 25.6. The molecule has 4 aromatic carbocycles. The van der Waals surface area contributed by atoms with E-state index in [4.69, 9.17) is 4.98 Å². The molecule has 6 heterocycles. The van der Waals surface area contributed by atoms with Crippen molar-refractivity contribution in [3.05, 3.63) is 118 Å². The van der Waals surface area contributed by atoms with E-state index in [9.17, 15) is 26.4 Å². The molecule has 2 aliphatic heterocycles. The van der Waals surface area contributed by atoms with Crippen molar-refractivity contribution in [1.82, 2.24) is 14.4 Å². The molecule has 0 saturated carbocycles. The smallest absolute Gasteiger partial charge is 0.228 e. The summed E-state index contributed by atoms with van der Waals surface area (Å²) in [5, 5.41) is 0.0115. The number of anilines is 3. The maximum absolute atomic E-state index is 14.6. The van der Waals surface area contributed by atoms with Crippen molar-refractivity contribution in [2.24, 2.45) is 0 Å². The minimum atomic E-state index is -4.46. The van der Waals surface area contributed by atoms with Gasteiger partial charge < -0.3 is 9.30 Å². The van der Waals surface area contributed by atoms with Crippen LogP contribution in [0.3, 0.4) is 0 Å². The second kappa shape index (κ2) is 8.10. The lowest BCUT2D eigenvalue weighted by Crippen LogP contribution is -2.30. The maximum atomic E-state index is 14.6. The van der Waals surface area contributed by atoms with Gasteiger partial charge in [-0.15, -0.1) is 0 Å². The van der Waals surface area contributed by atoms with Crippen molar-refractivity contribution >= 4 is 86.0 Å². The second-order valence-corrected chi connectivity index (χ2v) is 15.0. The van der Waals surface area contributed by atoms with Gasteiger partial charge in [0.1, 0.15) is 27.1 Å². The highest BCUT2D eigenvalue weighted by molar-refractivity contribution is 7.93. The summed E-state index contributed by atoms with van der Waals surface area (Å²) in [5.74, 6) is 0. The maximum Gasteiger partial charge on any atom is 0.228 e. The van der Waals surface area contributed by atoms with Crippen LogP contribution in [0, 0.1) is 0 Å². The molecule has 8 aromatic rings. The first-order valence-electron chi connectivity index (χ1n) is 14.2. The predicted octanol–water partition coefficient (Wildman–Crippen LogP) is 5.26. The van der Waals surface area contributed by atoms with E-state index in [-0.39, 0.29) is 59.7 Å². The van der Waals surface area contributed by atoms with E-state index in [0.717, 1.165) is 0 Å². The van der Waals surface area contributed by atoms with E-state index in [1.165, 1.54) is 12.1 Å². The summed E-state index contributed by atoms with van der Waals surface area (Å²) in [7, 11) is -8.85. The van der Waals surface area contributed by atoms with Crippen molar-refractivity contribution in [1.29, 1.82) is 0 Å². The van der Waals surface area contributed by atoms with Gasteiger partial charge in [-0.05, 0) is 48.5 Å². The Morgan fingerprint density at radius 3 is 1.74 bits per heavy atom. The highest BCUT2D eigenvalue weighted by Crippen LogP contribution is 2.56. The average Bonchev–Trinajstić information content (AvgIpc) is 3.07. The van der Waals surface area contributed by atoms with Crippen LogP contribution in [0.5, 0.6) is 0 Å². The number of fused-ring (bicyclic) bond motifs is 11. The topological polar surface area (TPSA) is 136 Å². The summed E-state index contributed by atoms with van der Waals surface area (Å²) in [6.45, 7) is 0. The lowest BCUT2D eigenvalue weighted by atomic mass is 10.0. The second-order valence-electron chi connectivity index (χ2n) is 11.3. The molecule has 4 aromatic heterocycles. The summed E-state index contributed by atoms with van der Waals surface area (Å²) in [4.78, 5) is 38.9. The van der Waals surface area contributed by atoms with Crippen LogP contribution >= 0.6 is 0 Å². The number of nitrogens with zero attached hydrogens (tertiary/aromatic N) is 4. The molecule has 0 spiro atoms. The SMILES string of the molecule is O=c1c2ccccc2n2c3ccccc3c(=O)c3c4nc5c6c(c4nc1c32)S(=O)(=O)c1ccccc1N6c1ccccc1S5(=O)=O. The zero-order valence-electron chi connectivity index (χ0n) is 23.3. The lowest BCUT2D eigenvalue weighted by Gasteiger charge is -2.37. The summed E-state index contributed by atoms with van der Waals surface area (Å²) < 4.78 is 59.6. The van der Waals surface area contributed by atoms with Gasteiger partial charge in [-0.2, -0.15) is 0 Å². The summed E-state index contributed by atoms with van der Waals surface area (Å²) >= 11 is 0. The van der Waals surface area contributed by atoms with Crippen LogP contribution in [0.4, 0.5) is 17.1 Å². The monoisotopic (exact) mass is 640 g/mol. The zero-order chi connectivity index (χ0) is 31.3. The summed E-state index contributed by atoms with van der Waals surface area (Å²) in [5.41, 5.74) is -0.134. The molecule has 2 aliphatic rings. The number of sulfone groups is 2. The first-order valence-corrected chi connectivity index (χ1v) is 17.2. The number of para-hydroxylation sites is 4. The van der Waals surface area contributed by atoms with Crippen LogP contribution in [0.1, 0.15) is 0 Å². The van der Waals surface area contributed by atoms with Gasteiger partial charge in [0.2, 0.25) is 25.1 Å². The van der Waals surface area contributed by atoms with Gasteiger partial charge in [-0.3, -0.25) is 9.59 Å². The van der Waals surface area contributed by atoms with Crippen molar-refractivity contribution in [2.75, 3.05) is 4.90 Å². The molecule has 46 heavy (non-hydrogen) atoms. The molecule has 0 radical (unpaired) electrons. The number of aromatic nitrogens is 3. The first-order chi connectivity index (χ1) is 22.2. The molecular formula is C34H16N4O6S2. The van der Waals surface area contributed by atoms with Crippen molar-refractivity contribution in [2.45, 2.75) is 19.7 Å². The third-order valence-corrected chi connectivity index (χ3v) is 12.5. The van der Waals surface area contributed by atoms with E-state index in [2.05, 4.69) is 4.98 Å². The van der Waals surface area contributed by atoms with Crippen molar-refractivity contribution < 1.29 is 16.8 Å². The number of benzene rings is 4. The van der Waals surface area contributed by atoms with Gasteiger partial charge in [0, 0.05) is 10.8 Å². The summed E-state index contributed by atoms with van der Waals surface area (Å²) in [6, 6.07) is 26.3. The minimum Gasteiger partial charge on any atom is -0.306 e. The lowest BCUT2D eigenvalue weighted by molar-refractivity contribution is 0.588. The van der Waals surface area contributed by atoms with Gasteiger partial charge >= 0.3 is 0 Å².